The Bertz CT molecular complexity index is 3200. The van der Waals surface area contributed by atoms with Gasteiger partial charge in [0.05, 0.1) is 11.0 Å². The molecular weight excluding hydrogens is 665 g/mol. The van der Waals surface area contributed by atoms with Crippen molar-refractivity contribution in [2.24, 2.45) is 0 Å². The van der Waals surface area contributed by atoms with Crippen LogP contribution in [0, 0.1) is 0 Å². The highest BCUT2D eigenvalue weighted by Crippen LogP contribution is 2.45. The molecule has 55 heavy (non-hydrogen) atoms. The molecule has 2 heteroatoms. The smallest absolute Gasteiger partial charge is 0.145 e. The highest BCUT2D eigenvalue weighted by molar-refractivity contribution is 6.22. The van der Waals surface area contributed by atoms with Gasteiger partial charge in [0.2, 0.25) is 0 Å². The molecule has 1 aromatic heterocycles. The molecule has 0 radical (unpaired) electrons. The van der Waals surface area contributed by atoms with Gasteiger partial charge in [0.25, 0.3) is 0 Å². The van der Waals surface area contributed by atoms with Crippen molar-refractivity contribution in [1.29, 1.82) is 0 Å². The topological polar surface area (TPSA) is 17.8 Å². The van der Waals surface area contributed by atoms with E-state index in [-0.39, 0.29) is 0 Å². The van der Waals surface area contributed by atoms with Crippen molar-refractivity contribution in [1.82, 2.24) is 9.55 Å². The Morgan fingerprint density at radius 2 is 0.782 bits per heavy atom. The van der Waals surface area contributed by atoms with Crippen LogP contribution in [0.5, 0.6) is 0 Å². The van der Waals surface area contributed by atoms with Crippen LogP contribution in [0.1, 0.15) is 0 Å². The lowest BCUT2D eigenvalue weighted by molar-refractivity contribution is 1.10. The van der Waals surface area contributed by atoms with Crippen LogP contribution in [0.15, 0.2) is 206 Å². The largest absolute Gasteiger partial charge is 0.292 e. The monoisotopic (exact) mass is 698 g/mol. The highest BCUT2D eigenvalue weighted by atomic mass is 15.1. The van der Waals surface area contributed by atoms with Gasteiger partial charge in [-0.15, -0.1) is 0 Å². The third kappa shape index (κ3) is 5.22. The van der Waals surface area contributed by atoms with E-state index in [1.165, 1.54) is 76.5 Å². The molecule has 1 heterocycles. The second kappa shape index (κ2) is 12.7. The Balaban J connectivity index is 1.07. The van der Waals surface area contributed by atoms with Crippen LogP contribution in [-0.4, -0.2) is 9.55 Å². The van der Waals surface area contributed by atoms with Crippen molar-refractivity contribution in [3.8, 4) is 50.5 Å². The lowest BCUT2D eigenvalue weighted by Crippen LogP contribution is -1.97. The van der Waals surface area contributed by atoms with Crippen LogP contribution in [0.25, 0.3) is 105 Å². The minimum absolute atomic E-state index is 0.930. The van der Waals surface area contributed by atoms with E-state index in [0.29, 0.717) is 0 Å². The number of aromatic nitrogens is 2. The summed E-state index contributed by atoms with van der Waals surface area (Å²) in [5.74, 6) is 0.930. The van der Waals surface area contributed by atoms with E-state index in [2.05, 4.69) is 211 Å². The molecule has 0 bridgehead atoms. The quantitative estimate of drug-likeness (QED) is 0.164. The minimum Gasteiger partial charge on any atom is -0.292 e. The predicted octanol–water partition coefficient (Wildman–Crippen LogP) is 14.3. The molecular formula is C53H34N2. The van der Waals surface area contributed by atoms with Crippen molar-refractivity contribution < 1.29 is 0 Å². The summed E-state index contributed by atoms with van der Waals surface area (Å²) in [4.78, 5) is 5.19. The third-order valence-corrected chi connectivity index (χ3v) is 11.1. The van der Waals surface area contributed by atoms with Gasteiger partial charge in [-0.1, -0.05) is 158 Å². The first-order valence-electron chi connectivity index (χ1n) is 18.9. The standard InChI is InChI=1S/C53H34N2/c1-2-17-44(18-3-1)55-50-24-11-10-23-49(50)54-53(55)43-16-12-15-41(34-43)51-45-19-6-8-21-47(45)52(48-22-9-7-20-46(48)51)42-30-29-39-32-38(27-28-40(39)33-42)37-26-25-35-13-4-5-14-36(35)31-37/h1-34H. The van der Waals surface area contributed by atoms with E-state index in [1.54, 1.807) is 0 Å². The van der Waals surface area contributed by atoms with Crippen LogP contribution < -0.4 is 0 Å². The van der Waals surface area contributed by atoms with Crippen LogP contribution in [0.3, 0.4) is 0 Å². The summed E-state index contributed by atoms with van der Waals surface area (Å²) in [5, 5.41) is 9.94. The van der Waals surface area contributed by atoms with Gasteiger partial charge in [0, 0.05) is 11.3 Å². The average molecular weight is 699 g/mol. The van der Waals surface area contributed by atoms with Crippen molar-refractivity contribution in [2.75, 3.05) is 0 Å². The fraction of sp³-hybridized carbons (Fsp3) is 0. The molecule has 10 aromatic carbocycles. The molecule has 0 unspecified atom stereocenters. The summed E-state index contributed by atoms with van der Waals surface area (Å²) >= 11 is 0. The molecule has 0 aliphatic heterocycles. The molecule has 0 atom stereocenters. The number of nitrogens with zero attached hydrogens (tertiary/aromatic N) is 2. The number of fused-ring (bicyclic) bond motifs is 5. The Hall–Kier alpha value is -7.29. The molecule has 0 amide bonds. The van der Waals surface area contributed by atoms with Crippen LogP contribution >= 0.6 is 0 Å². The van der Waals surface area contributed by atoms with Crippen molar-refractivity contribution in [3.05, 3.63) is 206 Å². The first kappa shape index (κ1) is 31.3. The van der Waals surface area contributed by atoms with Crippen LogP contribution in [0.2, 0.25) is 0 Å². The zero-order valence-corrected chi connectivity index (χ0v) is 30.0. The minimum atomic E-state index is 0.930. The maximum Gasteiger partial charge on any atom is 0.145 e. The van der Waals surface area contributed by atoms with Gasteiger partial charge in [-0.3, -0.25) is 4.57 Å². The summed E-state index contributed by atoms with van der Waals surface area (Å²) in [6, 6.07) is 74.7. The van der Waals surface area contributed by atoms with Gasteiger partial charge in [-0.05, 0) is 125 Å². The predicted molar refractivity (Wildman–Crippen MR) is 233 cm³/mol. The molecule has 0 aliphatic rings. The number of benzene rings is 10. The first-order valence-corrected chi connectivity index (χ1v) is 18.9. The van der Waals surface area contributed by atoms with Gasteiger partial charge in [-0.25, -0.2) is 4.98 Å². The molecule has 0 aliphatic carbocycles. The molecule has 0 N–H and O–H groups in total. The number of rotatable bonds is 5. The molecule has 0 fully saturated rings. The molecule has 256 valence electrons. The molecule has 11 rings (SSSR count). The van der Waals surface area contributed by atoms with Crippen molar-refractivity contribution >= 4 is 54.1 Å². The number of imidazole rings is 1. The SMILES string of the molecule is c1ccc(-n2c(-c3cccc(-c4c5ccccc5c(-c5ccc6cc(-c7ccc8ccccc8c7)ccc6c5)c5ccccc45)c3)nc3ccccc32)cc1. The highest BCUT2D eigenvalue weighted by Gasteiger charge is 2.19. The molecule has 0 saturated carbocycles. The van der Waals surface area contributed by atoms with E-state index < -0.39 is 0 Å². The van der Waals surface area contributed by atoms with Crippen molar-refractivity contribution in [2.45, 2.75) is 0 Å². The lowest BCUT2D eigenvalue weighted by Gasteiger charge is -2.18. The summed E-state index contributed by atoms with van der Waals surface area (Å²) in [6.45, 7) is 0. The van der Waals surface area contributed by atoms with E-state index in [0.717, 1.165) is 28.1 Å². The van der Waals surface area contributed by atoms with Crippen LogP contribution in [0.4, 0.5) is 0 Å². The second-order valence-electron chi connectivity index (χ2n) is 14.4. The van der Waals surface area contributed by atoms with E-state index in [4.69, 9.17) is 4.98 Å². The lowest BCUT2D eigenvalue weighted by atomic mass is 9.85. The normalized spacial score (nSPS) is 11.6. The maximum atomic E-state index is 5.19. The van der Waals surface area contributed by atoms with Crippen LogP contribution in [-0.2, 0) is 0 Å². The number of hydrogen-bond donors (Lipinski definition) is 0. The summed E-state index contributed by atoms with van der Waals surface area (Å²) < 4.78 is 2.28. The Kier molecular flexibility index (Phi) is 7.21. The van der Waals surface area contributed by atoms with E-state index in [1.807, 2.05) is 0 Å². The molecule has 0 saturated heterocycles. The summed E-state index contributed by atoms with van der Waals surface area (Å²) in [6.07, 6.45) is 0. The number of hydrogen-bond acceptors (Lipinski definition) is 1. The Morgan fingerprint density at radius 1 is 0.309 bits per heavy atom. The zero-order valence-electron chi connectivity index (χ0n) is 30.0. The average Bonchev–Trinajstić information content (AvgIpc) is 3.65. The molecule has 2 nitrogen and oxygen atoms in total. The van der Waals surface area contributed by atoms with Gasteiger partial charge in [-0.2, -0.15) is 0 Å². The fourth-order valence-electron chi connectivity index (χ4n) is 8.57. The van der Waals surface area contributed by atoms with E-state index >= 15 is 0 Å². The fourth-order valence-corrected chi connectivity index (χ4v) is 8.57. The van der Waals surface area contributed by atoms with E-state index in [9.17, 15) is 0 Å². The second-order valence-corrected chi connectivity index (χ2v) is 14.4. The molecule has 11 aromatic rings. The summed E-state index contributed by atoms with van der Waals surface area (Å²) in [5.41, 5.74) is 11.6. The van der Waals surface area contributed by atoms with Gasteiger partial charge in [0.15, 0.2) is 0 Å². The Labute approximate surface area is 319 Å². The Morgan fingerprint density at radius 3 is 1.45 bits per heavy atom. The maximum absolute atomic E-state index is 5.19. The third-order valence-electron chi connectivity index (χ3n) is 11.1. The molecule has 0 spiro atoms. The zero-order chi connectivity index (χ0) is 36.3. The van der Waals surface area contributed by atoms with Crippen molar-refractivity contribution in [3.63, 3.8) is 0 Å². The first-order chi connectivity index (χ1) is 27.3. The van der Waals surface area contributed by atoms with Gasteiger partial charge < -0.3 is 0 Å². The van der Waals surface area contributed by atoms with Gasteiger partial charge in [0.1, 0.15) is 5.82 Å². The number of para-hydroxylation sites is 3. The summed E-state index contributed by atoms with van der Waals surface area (Å²) in [7, 11) is 0. The van der Waals surface area contributed by atoms with Gasteiger partial charge >= 0.3 is 0 Å².